The van der Waals surface area contributed by atoms with Gasteiger partial charge >= 0.3 is 0 Å². The highest BCUT2D eigenvalue weighted by Gasteiger charge is 2.23. The zero-order chi connectivity index (χ0) is 18.5. The molecule has 1 aromatic heterocycles. The minimum absolute atomic E-state index is 0.0243. The van der Waals surface area contributed by atoms with Crippen LogP contribution in [0.3, 0.4) is 0 Å². The summed E-state index contributed by atoms with van der Waals surface area (Å²) in [5.41, 5.74) is 4.01. The second-order valence-corrected chi connectivity index (χ2v) is 6.63. The lowest BCUT2D eigenvalue weighted by Crippen LogP contribution is -2.38. The molecule has 2 aromatic carbocycles. The first-order valence-electron chi connectivity index (χ1n) is 8.87. The monoisotopic (exact) mass is 348 g/mol. The van der Waals surface area contributed by atoms with Gasteiger partial charge in [0.05, 0.1) is 12.1 Å². The average molecular weight is 348 g/mol. The number of hydrogen-bond acceptors (Lipinski definition) is 3. The quantitative estimate of drug-likeness (QED) is 0.727. The Labute approximate surface area is 154 Å². The van der Waals surface area contributed by atoms with Crippen molar-refractivity contribution in [3.05, 3.63) is 88.8 Å². The molecule has 26 heavy (non-hydrogen) atoms. The normalized spacial score (nSPS) is 12.2. The van der Waals surface area contributed by atoms with Crippen LogP contribution in [-0.4, -0.2) is 17.1 Å². The number of aryl methyl sites for hydroxylation is 2. The molecule has 1 N–H and O–H groups in total. The summed E-state index contributed by atoms with van der Waals surface area (Å²) in [6.45, 7) is 5.75. The summed E-state index contributed by atoms with van der Waals surface area (Å²) < 4.78 is 5.16. The van der Waals surface area contributed by atoms with E-state index in [0.717, 1.165) is 11.3 Å². The molecule has 4 nitrogen and oxygen atoms in total. The van der Waals surface area contributed by atoms with Gasteiger partial charge in [0.2, 0.25) is 5.91 Å². The second-order valence-electron chi connectivity index (χ2n) is 6.63. The Morgan fingerprint density at radius 1 is 1.00 bits per heavy atom. The summed E-state index contributed by atoms with van der Waals surface area (Å²) >= 11 is 0. The van der Waals surface area contributed by atoms with E-state index in [9.17, 15) is 4.79 Å². The molecule has 0 spiro atoms. The molecule has 1 atom stereocenters. The molecule has 0 aliphatic carbocycles. The van der Waals surface area contributed by atoms with Gasteiger partial charge in [-0.1, -0.05) is 65.8 Å². The molecule has 0 saturated carbocycles. The zero-order valence-electron chi connectivity index (χ0n) is 15.4. The number of rotatable bonds is 6. The highest BCUT2D eigenvalue weighted by Crippen LogP contribution is 2.28. The first-order valence-corrected chi connectivity index (χ1v) is 8.87. The van der Waals surface area contributed by atoms with Crippen LogP contribution in [0.4, 0.5) is 0 Å². The van der Waals surface area contributed by atoms with Crippen molar-refractivity contribution in [2.24, 2.45) is 0 Å². The lowest BCUT2D eigenvalue weighted by atomic mass is 9.85. The van der Waals surface area contributed by atoms with E-state index < -0.39 is 0 Å². The van der Waals surface area contributed by atoms with Gasteiger partial charge in [0, 0.05) is 17.5 Å². The molecule has 1 heterocycles. The fourth-order valence-electron chi connectivity index (χ4n) is 3.39. The predicted octanol–water partition coefficient (Wildman–Crippen LogP) is 4.17. The lowest BCUT2D eigenvalue weighted by molar-refractivity contribution is -0.121. The first-order chi connectivity index (χ1) is 12.6. The van der Waals surface area contributed by atoms with Crippen LogP contribution < -0.4 is 5.32 Å². The third kappa shape index (κ3) is 4.02. The standard InChI is InChI=1S/C22H24N2O2/c1-15-20(17(3)26-24-15)14-21(25)23-16(2)22(18-10-6-4-7-11-18)19-12-8-5-9-13-19/h4-13,16,22H,14H2,1-3H3,(H,23,25). The molecule has 0 aliphatic rings. The molecule has 3 aromatic rings. The molecule has 0 saturated heterocycles. The lowest BCUT2D eigenvalue weighted by Gasteiger charge is -2.26. The van der Waals surface area contributed by atoms with Crippen LogP contribution in [0.5, 0.6) is 0 Å². The summed E-state index contributed by atoms with van der Waals surface area (Å²) in [6, 6.07) is 20.5. The Kier molecular flexibility index (Phi) is 5.52. The second kappa shape index (κ2) is 8.00. The van der Waals surface area contributed by atoms with Crippen molar-refractivity contribution in [1.82, 2.24) is 10.5 Å². The van der Waals surface area contributed by atoms with Crippen LogP contribution in [0.2, 0.25) is 0 Å². The highest BCUT2D eigenvalue weighted by atomic mass is 16.5. The number of nitrogens with zero attached hydrogens (tertiary/aromatic N) is 1. The maximum Gasteiger partial charge on any atom is 0.224 e. The number of benzene rings is 2. The largest absolute Gasteiger partial charge is 0.361 e. The van der Waals surface area contributed by atoms with Crippen LogP contribution in [0.15, 0.2) is 65.2 Å². The molecule has 4 heteroatoms. The average Bonchev–Trinajstić information content (AvgIpc) is 2.95. The van der Waals surface area contributed by atoms with Crippen molar-refractivity contribution in [3.8, 4) is 0 Å². The molecule has 1 unspecified atom stereocenters. The van der Waals surface area contributed by atoms with Crippen molar-refractivity contribution in [2.45, 2.75) is 39.2 Å². The fourth-order valence-corrected chi connectivity index (χ4v) is 3.39. The summed E-state index contributed by atoms with van der Waals surface area (Å²) in [5.74, 6) is 0.766. The summed E-state index contributed by atoms with van der Waals surface area (Å²) in [5, 5.41) is 7.08. The van der Waals surface area contributed by atoms with Crippen molar-refractivity contribution >= 4 is 5.91 Å². The van der Waals surface area contributed by atoms with Crippen LogP contribution >= 0.6 is 0 Å². The maximum atomic E-state index is 12.6. The van der Waals surface area contributed by atoms with E-state index in [-0.39, 0.29) is 24.3 Å². The van der Waals surface area contributed by atoms with E-state index in [1.807, 2.05) is 50.2 Å². The minimum Gasteiger partial charge on any atom is -0.361 e. The number of nitrogens with one attached hydrogen (secondary N) is 1. The van der Waals surface area contributed by atoms with Gasteiger partial charge in [-0.15, -0.1) is 0 Å². The van der Waals surface area contributed by atoms with Crippen molar-refractivity contribution in [1.29, 1.82) is 0 Å². The van der Waals surface area contributed by atoms with Gasteiger partial charge in [0.1, 0.15) is 5.76 Å². The summed E-state index contributed by atoms with van der Waals surface area (Å²) in [7, 11) is 0. The van der Waals surface area contributed by atoms with E-state index in [0.29, 0.717) is 5.76 Å². The van der Waals surface area contributed by atoms with Gasteiger partial charge in [-0.25, -0.2) is 0 Å². The third-order valence-corrected chi connectivity index (χ3v) is 4.72. The molecule has 0 fully saturated rings. The van der Waals surface area contributed by atoms with Crippen molar-refractivity contribution in [2.75, 3.05) is 0 Å². The molecular formula is C22H24N2O2. The number of amides is 1. The van der Waals surface area contributed by atoms with Crippen molar-refractivity contribution in [3.63, 3.8) is 0 Å². The molecule has 1 amide bonds. The SMILES string of the molecule is Cc1noc(C)c1CC(=O)NC(C)C(c1ccccc1)c1ccccc1. The fraction of sp³-hybridized carbons (Fsp3) is 0.273. The smallest absolute Gasteiger partial charge is 0.224 e. The zero-order valence-corrected chi connectivity index (χ0v) is 15.4. The van der Waals surface area contributed by atoms with E-state index in [1.54, 1.807) is 0 Å². The topological polar surface area (TPSA) is 55.1 Å². The van der Waals surface area contributed by atoms with E-state index >= 15 is 0 Å². The molecule has 0 radical (unpaired) electrons. The van der Waals surface area contributed by atoms with E-state index in [4.69, 9.17) is 4.52 Å². The predicted molar refractivity (Wildman–Crippen MR) is 102 cm³/mol. The van der Waals surface area contributed by atoms with Crippen LogP contribution in [-0.2, 0) is 11.2 Å². The van der Waals surface area contributed by atoms with Gasteiger partial charge in [0.25, 0.3) is 0 Å². The Morgan fingerprint density at radius 2 is 1.54 bits per heavy atom. The third-order valence-electron chi connectivity index (χ3n) is 4.72. The van der Waals surface area contributed by atoms with Crippen LogP contribution in [0, 0.1) is 13.8 Å². The Morgan fingerprint density at radius 3 is 2.00 bits per heavy atom. The highest BCUT2D eigenvalue weighted by molar-refractivity contribution is 5.79. The number of aromatic nitrogens is 1. The van der Waals surface area contributed by atoms with Gasteiger partial charge in [-0.05, 0) is 31.9 Å². The maximum absolute atomic E-state index is 12.6. The van der Waals surface area contributed by atoms with Gasteiger partial charge in [0.15, 0.2) is 0 Å². The van der Waals surface area contributed by atoms with Crippen LogP contribution in [0.1, 0.15) is 41.0 Å². The number of hydrogen-bond donors (Lipinski definition) is 1. The van der Waals surface area contributed by atoms with Gasteiger partial charge in [-0.2, -0.15) is 0 Å². The first kappa shape index (κ1) is 17.9. The minimum atomic E-state index is -0.0484. The van der Waals surface area contributed by atoms with Crippen molar-refractivity contribution < 1.29 is 9.32 Å². The molecule has 3 rings (SSSR count). The van der Waals surface area contributed by atoms with Gasteiger partial charge < -0.3 is 9.84 Å². The number of carbonyl (C=O) groups excluding carboxylic acids is 1. The molecular weight excluding hydrogens is 324 g/mol. The Balaban J connectivity index is 1.80. The Hall–Kier alpha value is -2.88. The summed E-state index contributed by atoms with van der Waals surface area (Å²) in [4.78, 5) is 12.6. The molecule has 134 valence electrons. The van der Waals surface area contributed by atoms with E-state index in [2.05, 4.69) is 41.7 Å². The van der Waals surface area contributed by atoms with Gasteiger partial charge in [-0.3, -0.25) is 4.79 Å². The van der Waals surface area contributed by atoms with E-state index in [1.165, 1.54) is 11.1 Å². The van der Waals surface area contributed by atoms with Crippen LogP contribution in [0.25, 0.3) is 0 Å². The Bertz CT molecular complexity index is 797. The summed E-state index contributed by atoms with van der Waals surface area (Å²) in [6.07, 6.45) is 0.280. The number of carbonyl (C=O) groups is 1. The molecule has 0 bridgehead atoms. The molecule has 0 aliphatic heterocycles.